The van der Waals surface area contributed by atoms with Gasteiger partial charge in [-0.3, -0.25) is 19.3 Å². The molecule has 0 aromatic heterocycles. The van der Waals surface area contributed by atoms with Crippen LogP contribution in [0.25, 0.3) is 6.08 Å². The number of hydrogen-bond acceptors (Lipinski definition) is 5. The number of rotatable bonds is 7. The third-order valence-corrected chi connectivity index (χ3v) is 6.71. The van der Waals surface area contributed by atoms with Gasteiger partial charge in [0.15, 0.2) is 5.75 Å². The van der Waals surface area contributed by atoms with Crippen molar-refractivity contribution in [1.29, 1.82) is 0 Å². The number of carbonyl (C=O) groups is 3. The summed E-state index contributed by atoms with van der Waals surface area (Å²) >= 11 is 10.4. The Kier molecular flexibility index (Phi) is 8.07. The Hall–Kier alpha value is -3.21. The van der Waals surface area contributed by atoms with Crippen LogP contribution < -0.4 is 10.1 Å². The van der Waals surface area contributed by atoms with E-state index in [1.807, 2.05) is 0 Å². The molecule has 4 rings (SSSR count). The molecule has 1 saturated heterocycles. The minimum absolute atomic E-state index is 0.0408. The molecule has 1 aliphatic rings. The van der Waals surface area contributed by atoms with Gasteiger partial charge in [0.05, 0.1) is 14.4 Å². The zero-order valence-electron chi connectivity index (χ0n) is 18.3. The molecule has 11 heteroatoms. The minimum atomic E-state index is -0.647. The van der Waals surface area contributed by atoms with Crippen LogP contribution in [0.4, 0.5) is 19.3 Å². The lowest BCUT2D eigenvalue weighted by molar-refractivity contribution is -0.127. The highest BCUT2D eigenvalue weighted by atomic mass is 79.9. The average Bonchev–Trinajstić information content (AvgIpc) is 3.07. The van der Waals surface area contributed by atoms with Crippen LogP contribution in [-0.4, -0.2) is 28.5 Å². The van der Waals surface area contributed by atoms with E-state index in [-0.39, 0.29) is 22.2 Å². The maximum atomic E-state index is 13.9. The average molecular weight is 594 g/mol. The second-order valence-corrected chi connectivity index (χ2v) is 9.77. The van der Waals surface area contributed by atoms with Crippen LogP contribution in [0.1, 0.15) is 11.1 Å². The van der Waals surface area contributed by atoms with Gasteiger partial charge in [0, 0.05) is 11.3 Å². The van der Waals surface area contributed by atoms with Gasteiger partial charge >= 0.3 is 0 Å². The number of thioether (sulfide) groups is 1. The molecule has 6 nitrogen and oxygen atoms in total. The van der Waals surface area contributed by atoms with Crippen molar-refractivity contribution >= 4 is 68.1 Å². The fourth-order valence-electron chi connectivity index (χ4n) is 3.26. The monoisotopic (exact) mass is 592 g/mol. The number of hydrogen-bond donors (Lipinski definition) is 1. The second kappa shape index (κ2) is 11.2. The summed E-state index contributed by atoms with van der Waals surface area (Å²) in [6, 6.07) is 14.6. The van der Waals surface area contributed by atoms with E-state index in [0.29, 0.717) is 33.1 Å². The first kappa shape index (κ1) is 25.9. The van der Waals surface area contributed by atoms with Gasteiger partial charge in [0.25, 0.3) is 11.1 Å². The summed E-state index contributed by atoms with van der Waals surface area (Å²) < 4.78 is 33.3. The van der Waals surface area contributed by atoms with E-state index >= 15 is 0 Å². The molecule has 3 amide bonds. The van der Waals surface area contributed by atoms with Gasteiger partial charge in [0.1, 0.15) is 24.8 Å². The van der Waals surface area contributed by atoms with E-state index in [4.69, 9.17) is 16.3 Å². The summed E-state index contributed by atoms with van der Waals surface area (Å²) in [5.74, 6) is -1.94. The SMILES string of the molecule is O=C(CN1C(=O)S/C(=C/c2cc(Cl)c(OCc3ccccc3F)c(Br)c2)C1=O)Nc1cccc(F)c1. The first-order chi connectivity index (χ1) is 17.2. The van der Waals surface area contributed by atoms with E-state index in [1.54, 1.807) is 24.3 Å². The highest BCUT2D eigenvalue weighted by molar-refractivity contribution is 9.10. The lowest BCUT2D eigenvalue weighted by Gasteiger charge is -2.13. The van der Waals surface area contributed by atoms with Gasteiger partial charge in [-0.1, -0.05) is 35.9 Å². The van der Waals surface area contributed by atoms with Gasteiger partial charge in [-0.05, 0) is 75.7 Å². The number of nitrogens with zero attached hydrogens (tertiary/aromatic N) is 1. The minimum Gasteiger partial charge on any atom is -0.486 e. The normalized spacial score (nSPS) is 14.4. The van der Waals surface area contributed by atoms with E-state index in [9.17, 15) is 23.2 Å². The van der Waals surface area contributed by atoms with E-state index in [2.05, 4.69) is 21.2 Å². The fraction of sp³-hybridized carbons (Fsp3) is 0.0800. The fourth-order valence-corrected chi connectivity index (χ4v) is 5.09. The van der Waals surface area contributed by atoms with Gasteiger partial charge in [-0.25, -0.2) is 8.78 Å². The number of anilines is 1. The number of carbonyl (C=O) groups excluding carboxylic acids is 3. The maximum absolute atomic E-state index is 13.9. The molecule has 1 N–H and O–H groups in total. The Bertz CT molecular complexity index is 1380. The van der Waals surface area contributed by atoms with Crippen molar-refractivity contribution in [3.05, 3.63) is 97.8 Å². The molecule has 0 spiro atoms. The molecule has 3 aromatic carbocycles. The smallest absolute Gasteiger partial charge is 0.294 e. The molecule has 3 aromatic rings. The van der Waals surface area contributed by atoms with Crippen LogP contribution in [0.3, 0.4) is 0 Å². The Balaban J connectivity index is 1.44. The molecular weight excluding hydrogens is 578 g/mol. The number of imide groups is 1. The molecule has 0 atom stereocenters. The van der Waals surface area contributed by atoms with E-state index in [0.717, 1.165) is 11.0 Å². The Morgan fingerprint density at radius 3 is 2.61 bits per heavy atom. The molecule has 184 valence electrons. The molecule has 0 saturated carbocycles. The summed E-state index contributed by atoms with van der Waals surface area (Å²) in [6.45, 7) is -0.563. The maximum Gasteiger partial charge on any atom is 0.294 e. The van der Waals surface area contributed by atoms with Gasteiger partial charge in [0.2, 0.25) is 5.91 Å². The molecule has 0 aliphatic carbocycles. The third kappa shape index (κ3) is 6.13. The van der Waals surface area contributed by atoms with Crippen molar-refractivity contribution in [1.82, 2.24) is 4.90 Å². The van der Waals surface area contributed by atoms with Crippen LogP contribution in [0.5, 0.6) is 5.75 Å². The summed E-state index contributed by atoms with van der Waals surface area (Å²) in [4.78, 5) is 38.3. The molecule has 1 fully saturated rings. The van der Waals surface area contributed by atoms with Crippen LogP contribution in [0.2, 0.25) is 5.02 Å². The van der Waals surface area contributed by atoms with Gasteiger partial charge in [-0.15, -0.1) is 0 Å². The Morgan fingerprint density at radius 2 is 1.89 bits per heavy atom. The van der Waals surface area contributed by atoms with E-state index in [1.165, 1.54) is 36.4 Å². The van der Waals surface area contributed by atoms with Crippen molar-refractivity contribution in [3.63, 3.8) is 0 Å². The van der Waals surface area contributed by atoms with Crippen molar-refractivity contribution in [2.45, 2.75) is 6.61 Å². The van der Waals surface area contributed by atoms with Crippen LogP contribution in [0.15, 0.2) is 70.0 Å². The summed E-state index contributed by atoms with van der Waals surface area (Å²) in [6.07, 6.45) is 1.46. The number of nitrogens with one attached hydrogen (secondary N) is 1. The van der Waals surface area contributed by atoms with Crippen molar-refractivity contribution in [3.8, 4) is 5.75 Å². The summed E-state index contributed by atoms with van der Waals surface area (Å²) in [7, 11) is 0. The molecule has 1 aliphatic heterocycles. The highest BCUT2D eigenvalue weighted by Gasteiger charge is 2.36. The van der Waals surface area contributed by atoms with E-state index < -0.39 is 35.2 Å². The molecular formula is C25H16BrClF2N2O4S. The quantitative estimate of drug-likeness (QED) is 0.311. The van der Waals surface area contributed by atoms with Gasteiger partial charge < -0.3 is 10.1 Å². The van der Waals surface area contributed by atoms with Crippen LogP contribution in [-0.2, 0) is 16.2 Å². The Labute approximate surface area is 222 Å². The number of benzene rings is 3. The Morgan fingerprint density at radius 1 is 1.11 bits per heavy atom. The molecule has 1 heterocycles. The highest BCUT2D eigenvalue weighted by Crippen LogP contribution is 2.38. The number of amides is 3. The molecule has 0 bridgehead atoms. The lowest BCUT2D eigenvalue weighted by Crippen LogP contribution is -2.36. The number of ether oxygens (including phenoxy) is 1. The van der Waals surface area contributed by atoms with Crippen LogP contribution in [0, 0.1) is 11.6 Å². The zero-order chi connectivity index (χ0) is 25.8. The summed E-state index contributed by atoms with van der Waals surface area (Å²) in [5, 5.41) is 2.04. The predicted octanol–water partition coefficient (Wildman–Crippen LogP) is 6.63. The first-order valence-corrected chi connectivity index (χ1v) is 12.4. The summed E-state index contributed by atoms with van der Waals surface area (Å²) in [5.41, 5.74) is 1.07. The zero-order valence-corrected chi connectivity index (χ0v) is 21.4. The van der Waals surface area contributed by atoms with Crippen molar-refractivity contribution in [2.24, 2.45) is 0 Å². The topological polar surface area (TPSA) is 75.7 Å². The lowest BCUT2D eigenvalue weighted by atomic mass is 10.2. The number of halogens is 4. The standard InChI is InChI=1S/C25H16BrClF2N2O4S/c26-18-8-14(9-19(27)23(18)35-13-15-4-1-2-7-20(15)29)10-21-24(33)31(25(34)36-21)12-22(32)30-17-6-3-5-16(28)11-17/h1-11H,12-13H2,(H,30,32)/b21-10+. The first-order valence-electron chi connectivity index (χ1n) is 10.4. The van der Waals surface area contributed by atoms with Gasteiger partial charge in [-0.2, -0.15) is 0 Å². The van der Waals surface area contributed by atoms with Crippen molar-refractivity contribution in [2.75, 3.05) is 11.9 Å². The van der Waals surface area contributed by atoms with Crippen LogP contribution >= 0.6 is 39.3 Å². The molecule has 0 unspecified atom stereocenters. The molecule has 36 heavy (non-hydrogen) atoms. The largest absolute Gasteiger partial charge is 0.486 e. The predicted molar refractivity (Wildman–Crippen MR) is 138 cm³/mol. The molecule has 0 radical (unpaired) electrons. The van der Waals surface area contributed by atoms with Crippen molar-refractivity contribution < 1.29 is 27.9 Å². The second-order valence-electron chi connectivity index (χ2n) is 7.52. The third-order valence-electron chi connectivity index (χ3n) is 4.93.